The summed E-state index contributed by atoms with van der Waals surface area (Å²) in [6.45, 7) is 8.77. The van der Waals surface area contributed by atoms with Crippen molar-refractivity contribution in [3.63, 3.8) is 0 Å². The molecule has 18 heavy (non-hydrogen) atoms. The van der Waals surface area contributed by atoms with Crippen molar-refractivity contribution in [3.05, 3.63) is 34.9 Å². The molecule has 0 radical (unpaired) electrons. The summed E-state index contributed by atoms with van der Waals surface area (Å²) in [6, 6.07) is 6.69. The van der Waals surface area contributed by atoms with Gasteiger partial charge >= 0.3 is 0 Å². The Balaban J connectivity index is 1.91. The normalized spacial score (nSPS) is 24.3. The molecule has 1 aromatic rings. The van der Waals surface area contributed by atoms with Gasteiger partial charge in [-0.3, -0.25) is 0 Å². The highest BCUT2D eigenvalue weighted by atomic mass is 15.1. The van der Waals surface area contributed by atoms with Gasteiger partial charge in [0, 0.05) is 19.1 Å². The third kappa shape index (κ3) is 3.33. The maximum Gasteiger partial charge on any atom is 0.0426 e. The number of rotatable bonds is 5. The van der Waals surface area contributed by atoms with Gasteiger partial charge in [0.25, 0.3) is 0 Å². The Hall–Kier alpha value is -0.860. The third-order valence-electron chi connectivity index (χ3n) is 4.16. The van der Waals surface area contributed by atoms with Gasteiger partial charge in [-0.15, -0.1) is 0 Å². The van der Waals surface area contributed by atoms with Crippen LogP contribution in [-0.2, 0) is 0 Å². The molecule has 0 aromatic heterocycles. The van der Waals surface area contributed by atoms with E-state index in [1.54, 1.807) is 0 Å². The number of benzene rings is 1. The molecule has 0 amide bonds. The number of hydrogen-bond acceptors (Lipinski definition) is 2. The van der Waals surface area contributed by atoms with Crippen LogP contribution in [0.5, 0.6) is 0 Å². The minimum Gasteiger partial charge on any atom is -0.323 e. The van der Waals surface area contributed by atoms with Crippen LogP contribution in [0.2, 0.25) is 0 Å². The van der Waals surface area contributed by atoms with E-state index in [-0.39, 0.29) is 6.04 Å². The van der Waals surface area contributed by atoms with E-state index in [0.717, 1.165) is 18.4 Å². The minimum atomic E-state index is 0.129. The Morgan fingerprint density at radius 1 is 1.39 bits per heavy atom. The Bertz CT molecular complexity index is 414. The van der Waals surface area contributed by atoms with Crippen molar-refractivity contribution in [1.82, 2.24) is 4.90 Å². The molecule has 0 heterocycles. The molecular weight excluding hydrogens is 220 g/mol. The van der Waals surface area contributed by atoms with Crippen LogP contribution in [0.1, 0.15) is 36.1 Å². The molecule has 0 bridgehead atoms. The zero-order valence-electron chi connectivity index (χ0n) is 12.1. The highest BCUT2D eigenvalue weighted by molar-refractivity contribution is 5.32. The number of aryl methyl sites for hydroxylation is 2. The van der Waals surface area contributed by atoms with Crippen LogP contribution in [0.15, 0.2) is 18.2 Å². The number of likely N-dealkylation sites (N-methyl/N-ethyl adjacent to an activating group) is 1. The van der Waals surface area contributed by atoms with Crippen LogP contribution in [-0.4, -0.2) is 25.0 Å². The Morgan fingerprint density at radius 2 is 2.06 bits per heavy atom. The lowest BCUT2D eigenvalue weighted by molar-refractivity contribution is 0.295. The lowest BCUT2D eigenvalue weighted by Crippen LogP contribution is -2.31. The maximum atomic E-state index is 6.34. The number of nitrogens with two attached hydrogens (primary N) is 1. The SMILES string of the molecule is Cc1ccc(C(N)CN(C)CC2CC2C)c(C)c1. The summed E-state index contributed by atoms with van der Waals surface area (Å²) in [5, 5.41) is 0. The molecule has 1 aromatic carbocycles. The second-order valence-electron chi connectivity index (χ2n) is 6.16. The summed E-state index contributed by atoms with van der Waals surface area (Å²) in [7, 11) is 2.19. The summed E-state index contributed by atoms with van der Waals surface area (Å²) in [4.78, 5) is 2.39. The van der Waals surface area contributed by atoms with Gasteiger partial charge < -0.3 is 10.6 Å². The molecule has 2 heteroatoms. The van der Waals surface area contributed by atoms with Crippen LogP contribution in [0.25, 0.3) is 0 Å². The zero-order valence-corrected chi connectivity index (χ0v) is 12.1. The maximum absolute atomic E-state index is 6.34. The topological polar surface area (TPSA) is 29.3 Å². The Labute approximate surface area is 111 Å². The standard InChI is InChI=1S/C16H26N2/c1-11-5-6-15(13(3)7-11)16(17)10-18(4)9-14-8-12(14)2/h5-7,12,14,16H,8-10,17H2,1-4H3. The van der Waals surface area contributed by atoms with E-state index in [1.807, 2.05) is 0 Å². The van der Waals surface area contributed by atoms with Crippen molar-refractivity contribution in [1.29, 1.82) is 0 Å². The van der Waals surface area contributed by atoms with Gasteiger partial charge in [-0.1, -0.05) is 30.7 Å². The monoisotopic (exact) mass is 246 g/mol. The van der Waals surface area contributed by atoms with E-state index in [9.17, 15) is 0 Å². The van der Waals surface area contributed by atoms with Gasteiger partial charge in [-0.25, -0.2) is 0 Å². The molecule has 2 nitrogen and oxygen atoms in total. The molecule has 1 aliphatic carbocycles. The van der Waals surface area contributed by atoms with Gasteiger partial charge in [0.1, 0.15) is 0 Å². The lowest BCUT2D eigenvalue weighted by Gasteiger charge is -2.23. The minimum absolute atomic E-state index is 0.129. The zero-order chi connectivity index (χ0) is 13.3. The van der Waals surface area contributed by atoms with Gasteiger partial charge in [-0.2, -0.15) is 0 Å². The fourth-order valence-corrected chi connectivity index (χ4v) is 2.80. The van der Waals surface area contributed by atoms with Crippen molar-refractivity contribution >= 4 is 0 Å². The Kier molecular flexibility index (Phi) is 4.08. The van der Waals surface area contributed by atoms with Gasteiger partial charge in [0.05, 0.1) is 0 Å². The molecule has 0 saturated heterocycles. The van der Waals surface area contributed by atoms with Crippen molar-refractivity contribution in [2.45, 2.75) is 33.2 Å². The molecule has 3 unspecified atom stereocenters. The second-order valence-corrected chi connectivity index (χ2v) is 6.16. The van der Waals surface area contributed by atoms with E-state index in [0.29, 0.717) is 0 Å². The summed E-state index contributed by atoms with van der Waals surface area (Å²) in [6.07, 6.45) is 1.39. The molecule has 3 atom stereocenters. The van der Waals surface area contributed by atoms with Gasteiger partial charge in [0.2, 0.25) is 0 Å². The summed E-state index contributed by atoms with van der Waals surface area (Å²) in [5.74, 6) is 1.83. The molecule has 0 aliphatic heterocycles. The first-order chi connectivity index (χ1) is 8.47. The molecule has 1 fully saturated rings. The highest BCUT2D eigenvalue weighted by Crippen LogP contribution is 2.38. The highest BCUT2D eigenvalue weighted by Gasteiger charge is 2.33. The fraction of sp³-hybridized carbons (Fsp3) is 0.625. The van der Waals surface area contributed by atoms with Crippen LogP contribution in [0.3, 0.4) is 0 Å². The second kappa shape index (κ2) is 5.41. The van der Waals surface area contributed by atoms with E-state index in [2.05, 4.69) is 50.9 Å². The molecule has 1 aliphatic rings. The predicted molar refractivity (Wildman–Crippen MR) is 77.6 cm³/mol. The summed E-state index contributed by atoms with van der Waals surface area (Å²) >= 11 is 0. The van der Waals surface area contributed by atoms with Gasteiger partial charge in [0.15, 0.2) is 0 Å². The predicted octanol–water partition coefficient (Wildman–Crippen LogP) is 2.89. The van der Waals surface area contributed by atoms with Crippen molar-refractivity contribution < 1.29 is 0 Å². The average molecular weight is 246 g/mol. The third-order valence-corrected chi connectivity index (χ3v) is 4.16. The van der Waals surface area contributed by atoms with E-state index in [1.165, 1.54) is 29.7 Å². The molecular formula is C16H26N2. The Morgan fingerprint density at radius 3 is 2.61 bits per heavy atom. The fourth-order valence-electron chi connectivity index (χ4n) is 2.80. The largest absolute Gasteiger partial charge is 0.323 e. The number of nitrogens with zero attached hydrogens (tertiary/aromatic N) is 1. The molecule has 100 valence electrons. The lowest BCUT2D eigenvalue weighted by atomic mass is 9.99. The first-order valence-corrected chi connectivity index (χ1v) is 6.98. The quantitative estimate of drug-likeness (QED) is 0.865. The van der Waals surface area contributed by atoms with Crippen LogP contribution >= 0.6 is 0 Å². The van der Waals surface area contributed by atoms with Crippen molar-refractivity contribution in [2.75, 3.05) is 20.1 Å². The first kappa shape index (κ1) is 13.6. The van der Waals surface area contributed by atoms with E-state index < -0.39 is 0 Å². The molecule has 1 saturated carbocycles. The smallest absolute Gasteiger partial charge is 0.0426 e. The summed E-state index contributed by atoms with van der Waals surface area (Å²) < 4.78 is 0. The molecule has 2 N–H and O–H groups in total. The summed E-state index contributed by atoms with van der Waals surface area (Å²) in [5.41, 5.74) is 10.2. The van der Waals surface area contributed by atoms with Crippen LogP contribution in [0, 0.1) is 25.7 Å². The van der Waals surface area contributed by atoms with E-state index in [4.69, 9.17) is 5.73 Å². The first-order valence-electron chi connectivity index (χ1n) is 6.98. The number of hydrogen-bond donors (Lipinski definition) is 1. The molecule has 0 spiro atoms. The van der Waals surface area contributed by atoms with Crippen LogP contribution < -0.4 is 5.73 Å². The van der Waals surface area contributed by atoms with Crippen molar-refractivity contribution in [2.24, 2.45) is 17.6 Å². The average Bonchev–Trinajstić information content (AvgIpc) is 2.93. The van der Waals surface area contributed by atoms with Gasteiger partial charge in [-0.05, 0) is 50.3 Å². The van der Waals surface area contributed by atoms with Crippen LogP contribution in [0.4, 0.5) is 0 Å². The molecule has 2 rings (SSSR count). The van der Waals surface area contributed by atoms with E-state index >= 15 is 0 Å². The van der Waals surface area contributed by atoms with Crippen molar-refractivity contribution in [3.8, 4) is 0 Å².